The molecule has 1 amide bonds. The van der Waals surface area contributed by atoms with Crippen LogP contribution in [0.3, 0.4) is 0 Å². The first-order chi connectivity index (χ1) is 13.7. The molecule has 1 fully saturated rings. The fraction of sp³-hybridized carbons (Fsp3) is 0.476. The van der Waals surface area contributed by atoms with E-state index in [1.807, 2.05) is 42.2 Å². The average Bonchev–Trinajstić information content (AvgIpc) is 3.31. The zero-order valence-corrected chi connectivity index (χ0v) is 16.3. The largest absolute Gasteiger partial charge is 0.497 e. The number of rotatable bonds is 4. The second-order valence-electron chi connectivity index (χ2n) is 7.34. The van der Waals surface area contributed by atoms with E-state index in [9.17, 15) is 4.79 Å². The van der Waals surface area contributed by atoms with E-state index in [0.29, 0.717) is 13.0 Å². The molecule has 2 aliphatic rings. The van der Waals surface area contributed by atoms with Gasteiger partial charge in [0.05, 0.1) is 24.6 Å². The Labute approximate surface area is 164 Å². The van der Waals surface area contributed by atoms with Crippen molar-refractivity contribution in [3.63, 3.8) is 0 Å². The minimum Gasteiger partial charge on any atom is -0.497 e. The van der Waals surface area contributed by atoms with E-state index in [-0.39, 0.29) is 11.9 Å². The molecule has 2 aromatic rings. The van der Waals surface area contributed by atoms with Crippen LogP contribution in [0, 0.1) is 6.92 Å². The van der Waals surface area contributed by atoms with Crippen molar-refractivity contribution in [3.8, 4) is 5.75 Å². The lowest BCUT2D eigenvalue weighted by Gasteiger charge is -2.29. The van der Waals surface area contributed by atoms with Crippen molar-refractivity contribution in [2.75, 3.05) is 13.7 Å². The van der Waals surface area contributed by atoms with Gasteiger partial charge >= 0.3 is 0 Å². The van der Waals surface area contributed by atoms with Gasteiger partial charge in [-0.1, -0.05) is 35.3 Å². The number of ether oxygens (including phenoxy) is 1. The second-order valence-corrected chi connectivity index (χ2v) is 7.34. The van der Waals surface area contributed by atoms with Crippen LogP contribution in [0.1, 0.15) is 55.2 Å². The molecule has 148 valence electrons. The van der Waals surface area contributed by atoms with E-state index in [2.05, 4.69) is 10.3 Å². The summed E-state index contributed by atoms with van der Waals surface area (Å²) in [6.45, 7) is 2.59. The van der Waals surface area contributed by atoms with Gasteiger partial charge in [0.2, 0.25) is 6.10 Å². The molecule has 1 aromatic heterocycles. The van der Waals surface area contributed by atoms with Gasteiger partial charge in [-0.15, -0.1) is 0 Å². The van der Waals surface area contributed by atoms with Crippen LogP contribution in [0.25, 0.3) is 0 Å². The van der Waals surface area contributed by atoms with Crippen molar-refractivity contribution in [2.24, 2.45) is 5.16 Å². The Kier molecular flexibility index (Phi) is 5.32. The van der Waals surface area contributed by atoms with Crippen molar-refractivity contribution >= 4 is 11.6 Å². The molecule has 0 bridgehead atoms. The Hall–Kier alpha value is -2.83. The molecule has 7 nitrogen and oxygen atoms in total. The van der Waals surface area contributed by atoms with Crippen LogP contribution in [0.5, 0.6) is 5.75 Å². The maximum Gasteiger partial charge on any atom is 0.267 e. The Morgan fingerprint density at radius 3 is 2.93 bits per heavy atom. The molecule has 0 saturated carbocycles. The summed E-state index contributed by atoms with van der Waals surface area (Å²) in [5, 5.41) is 8.18. The van der Waals surface area contributed by atoms with Crippen LogP contribution >= 0.6 is 0 Å². The summed E-state index contributed by atoms with van der Waals surface area (Å²) in [6.07, 6.45) is 3.86. The standard InChI is InChI=1S/C21H25N3O4/c1-14-11-19(27-22-14)18-9-4-3-5-10-24(18)21(25)20-13-17(23-28-20)15-7-6-8-16(12-15)26-2/h6-8,11-12,18,20H,3-5,9-10,13H2,1-2H3/t18-,20+/m0/s1. The number of carbonyl (C=O) groups is 1. The first-order valence-electron chi connectivity index (χ1n) is 9.76. The zero-order chi connectivity index (χ0) is 19.5. The number of hydrogen-bond acceptors (Lipinski definition) is 6. The van der Waals surface area contributed by atoms with Crippen LogP contribution in [0.15, 0.2) is 40.0 Å². The summed E-state index contributed by atoms with van der Waals surface area (Å²) < 4.78 is 10.8. The molecule has 3 heterocycles. The van der Waals surface area contributed by atoms with E-state index < -0.39 is 6.10 Å². The Balaban J connectivity index is 1.50. The fourth-order valence-electron chi connectivity index (χ4n) is 3.88. The van der Waals surface area contributed by atoms with Gasteiger partial charge < -0.3 is 19.0 Å². The van der Waals surface area contributed by atoms with Gasteiger partial charge in [-0.3, -0.25) is 4.79 Å². The molecule has 1 aromatic carbocycles. The molecule has 4 rings (SSSR count). The topological polar surface area (TPSA) is 77.2 Å². The molecule has 2 aliphatic heterocycles. The quantitative estimate of drug-likeness (QED) is 0.806. The molecule has 0 unspecified atom stereocenters. The van der Waals surface area contributed by atoms with Crippen molar-refractivity contribution in [1.82, 2.24) is 10.1 Å². The number of hydrogen-bond donors (Lipinski definition) is 0. The highest BCUT2D eigenvalue weighted by Crippen LogP contribution is 2.32. The van der Waals surface area contributed by atoms with Gasteiger partial charge in [0.1, 0.15) is 5.75 Å². The van der Waals surface area contributed by atoms with Gasteiger partial charge in [0.15, 0.2) is 5.76 Å². The lowest BCUT2D eigenvalue weighted by molar-refractivity contribution is -0.145. The third kappa shape index (κ3) is 3.74. The average molecular weight is 383 g/mol. The van der Waals surface area contributed by atoms with E-state index >= 15 is 0 Å². The molecule has 1 saturated heterocycles. The number of oxime groups is 1. The Bertz CT molecular complexity index is 876. The lowest BCUT2D eigenvalue weighted by Crippen LogP contribution is -2.41. The molecule has 7 heteroatoms. The minimum atomic E-state index is -0.606. The van der Waals surface area contributed by atoms with Crippen molar-refractivity contribution in [1.29, 1.82) is 0 Å². The van der Waals surface area contributed by atoms with E-state index in [4.69, 9.17) is 14.1 Å². The SMILES string of the molecule is COc1cccc(C2=NO[C@@H](C(=O)N3CCCCC[C@H]3c3cc(C)no3)C2)c1. The van der Waals surface area contributed by atoms with Crippen LogP contribution in [-0.2, 0) is 9.63 Å². The number of benzene rings is 1. The van der Waals surface area contributed by atoms with Crippen molar-refractivity contribution in [2.45, 2.75) is 51.2 Å². The van der Waals surface area contributed by atoms with Crippen molar-refractivity contribution < 1.29 is 18.9 Å². The third-order valence-electron chi connectivity index (χ3n) is 5.36. The molecule has 0 radical (unpaired) electrons. The lowest BCUT2D eigenvalue weighted by atomic mass is 10.0. The summed E-state index contributed by atoms with van der Waals surface area (Å²) >= 11 is 0. The van der Waals surface area contributed by atoms with E-state index in [0.717, 1.165) is 54.2 Å². The van der Waals surface area contributed by atoms with Gasteiger partial charge in [0, 0.05) is 24.6 Å². The predicted octanol–water partition coefficient (Wildman–Crippen LogP) is 3.63. The molecular weight excluding hydrogens is 358 g/mol. The fourth-order valence-corrected chi connectivity index (χ4v) is 3.88. The van der Waals surface area contributed by atoms with Gasteiger partial charge in [0.25, 0.3) is 5.91 Å². The summed E-state index contributed by atoms with van der Waals surface area (Å²) in [5.74, 6) is 1.46. The van der Waals surface area contributed by atoms with E-state index in [1.165, 1.54) is 0 Å². The summed E-state index contributed by atoms with van der Waals surface area (Å²) in [4.78, 5) is 20.7. The molecule has 0 N–H and O–H groups in total. The maximum atomic E-state index is 13.3. The second kappa shape index (κ2) is 8.04. The van der Waals surface area contributed by atoms with Crippen LogP contribution < -0.4 is 4.74 Å². The third-order valence-corrected chi connectivity index (χ3v) is 5.36. The zero-order valence-electron chi connectivity index (χ0n) is 16.3. The van der Waals surface area contributed by atoms with Crippen LogP contribution in [0.2, 0.25) is 0 Å². The molecule has 28 heavy (non-hydrogen) atoms. The summed E-state index contributed by atoms with van der Waals surface area (Å²) in [6, 6.07) is 9.46. The van der Waals surface area contributed by atoms with Gasteiger partial charge in [-0.25, -0.2) is 0 Å². The van der Waals surface area contributed by atoms with E-state index in [1.54, 1.807) is 7.11 Å². The number of aromatic nitrogens is 1. The number of methoxy groups -OCH3 is 1. The maximum absolute atomic E-state index is 13.3. The van der Waals surface area contributed by atoms with Crippen LogP contribution in [-0.4, -0.2) is 41.4 Å². The highest BCUT2D eigenvalue weighted by Gasteiger charge is 2.37. The smallest absolute Gasteiger partial charge is 0.267 e. The summed E-state index contributed by atoms with van der Waals surface area (Å²) in [5.41, 5.74) is 2.50. The first-order valence-corrected chi connectivity index (χ1v) is 9.76. The molecule has 2 atom stereocenters. The number of aryl methyl sites for hydroxylation is 1. The van der Waals surface area contributed by atoms with Crippen LogP contribution in [0.4, 0.5) is 0 Å². The molecular formula is C21H25N3O4. The van der Waals surface area contributed by atoms with Crippen molar-refractivity contribution in [3.05, 3.63) is 47.3 Å². The number of nitrogens with zero attached hydrogens (tertiary/aromatic N) is 3. The van der Waals surface area contributed by atoms with Gasteiger partial charge in [-0.05, 0) is 31.9 Å². The highest BCUT2D eigenvalue weighted by molar-refractivity contribution is 6.04. The first kappa shape index (κ1) is 18.5. The monoisotopic (exact) mass is 383 g/mol. The normalized spacial score (nSPS) is 22.4. The Morgan fingerprint density at radius 2 is 2.14 bits per heavy atom. The predicted molar refractivity (Wildman–Crippen MR) is 103 cm³/mol. The highest BCUT2D eigenvalue weighted by atomic mass is 16.6. The Morgan fingerprint density at radius 1 is 1.25 bits per heavy atom. The number of amides is 1. The summed E-state index contributed by atoms with van der Waals surface area (Å²) in [7, 11) is 1.63. The molecule has 0 aliphatic carbocycles. The number of likely N-dealkylation sites (tertiary alicyclic amines) is 1. The van der Waals surface area contributed by atoms with Gasteiger partial charge in [-0.2, -0.15) is 0 Å². The molecule has 0 spiro atoms. The number of carbonyl (C=O) groups excluding carboxylic acids is 1. The minimum absolute atomic E-state index is 0.0393.